The van der Waals surface area contributed by atoms with E-state index in [0.29, 0.717) is 6.42 Å². The van der Waals surface area contributed by atoms with Crippen molar-refractivity contribution in [3.63, 3.8) is 0 Å². The number of fused-ring (bicyclic) bond motifs is 1. The summed E-state index contributed by atoms with van der Waals surface area (Å²) >= 11 is 0. The molecule has 1 atom stereocenters. The predicted octanol–water partition coefficient (Wildman–Crippen LogP) is 1.33. The third kappa shape index (κ3) is 2.16. The zero-order chi connectivity index (χ0) is 10.8. The second kappa shape index (κ2) is 4.00. The van der Waals surface area contributed by atoms with Crippen molar-refractivity contribution in [3.05, 3.63) is 11.6 Å². The monoisotopic (exact) mass is 209 g/mol. The average molecular weight is 209 g/mol. The van der Waals surface area contributed by atoms with Crippen LogP contribution in [0.15, 0.2) is 0 Å². The molecule has 5 nitrogen and oxygen atoms in total. The van der Waals surface area contributed by atoms with Crippen LogP contribution in [-0.2, 0) is 11.3 Å². The van der Waals surface area contributed by atoms with Gasteiger partial charge in [-0.1, -0.05) is 0 Å². The molecule has 1 aliphatic heterocycles. The molecule has 1 unspecified atom stereocenters. The molecule has 2 heterocycles. The lowest BCUT2D eigenvalue weighted by atomic mass is 9.94. The minimum atomic E-state index is -0.733. The van der Waals surface area contributed by atoms with E-state index in [9.17, 15) is 4.79 Å². The van der Waals surface area contributed by atoms with Gasteiger partial charge in [-0.05, 0) is 26.2 Å². The Kier molecular flexibility index (Phi) is 2.70. The van der Waals surface area contributed by atoms with Crippen molar-refractivity contribution in [1.82, 2.24) is 14.8 Å². The molecule has 0 spiro atoms. The van der Waals surface area contributed by atoms with Crippen LogP contribution in [0.2, 0.25) is 0 Å². The molecule has 1 aromatic heterocycles. The van der Waals surface area contributed by atoms with Crippen molar-refractivity contribution in [2.24, 2.45) is 0 Å². The maximum atomic E-state index is 10.5. The van der Waals surface area contributed by atoms with Crippen LogP contribution in [0, 0.1) is 6.92 Å². The highest BCUT2D eigenvalue weighted by Gasteiger charge is 2.23. The fraction of sp³-hybridized carbons (Fsp3) is 0.700. The van der Waals surface area contributed by atoms with E-state index < -0.39 is 5.97 Å². The molecular formula is C10H15N3O2. The molecule has 15 heavy (non-hydrogen) atoms. The molecule has 5 heteroatoms. The third-order valence-corrected chi connectivity index (χ3v) is 2.80. The van der Waals surface area contributed by atoms with Crippen molar-refractivity contribution in [2.75, 3.05) is 0 Å². The smallest absolute Gasteiger partial charge is 0.303 e. The van der Waals surface area contributed by atoms with Crippen molar-refractivity contribution in [3.8, 4) is 0 Å². The average Bonchev–Trinajstić information content (AvgIpc) is 2.55. The number of carboxylic acid groups (broad SMARTS) is 1. The van der Waals surface area contributed by atoms with Crippen molar-refractivity contribution >= 4 is 5.97 Å². The number of rotatable bonds is 3. The van der Waals surface area contributed by atoms with Crippen molar-refractivity contribution in [2.45, 2.75) is 45.1 Å². The normalized spacial score (nSPS) is 19.9. The fourth-order valence-electron chi connectivity index (χ4n) is 2.13. The summed E-state index contributed by atoms with van der Waals surface area (Å²) in [7, 11) is 0. The molecule has 0 bridgehead atoms. The molecule has 1 aromatic rings. The number of carbonyl (C=O) groups is 1. The Bertz CT molecular complexity index is 373. The highest BCUT2D eigenvalue weighted by atomic mass is 16.4. The van der Waals surface area contributed by atoms with Crippen molar-refractivity contribution in [1.29, 1.82) is 0 Å². The highest BCUT2D eigenvalue weighted by Crippen LogP contribution is 2.29. The number of hydrogen-bond acceptors (Lipinski definition) is 3. The van der Waals surface area contributed by atoms with E-state index >= 15 is 0 Å². The van der Waals surface area contributed by atoms with Gasteiger partial charge in [0.1, 0.15) is 11.6 Å². The molecule has 82 valence electrons. The molecule has 0 saturated carbocycles. The lowest BCUT2D eigenvalue weighted by Crippen LogP contribution is -2.17. The Hall–Kier alpha value is -1.39. The molecule has 0 aromatic carbocycles. The summed E-state index contributed by atoms with van der Waals surface area (Å²) in [6.45, 7) is 2.79. The SMILES string of the molecule is Cc1nc2n(n1)CCCC2CCC(=O)O. The lowest BCUT2D eigenvalue weighted by molar-refractivity contribution is -0.137. The second-order valence-electron chi connectivity index (χ2n) is 4.01. The molecule has 0 radical (unpaired) electrons. The summed E-state index contributed by atoms with van der Waals surface area (Å²) in [5, 5.41) is 12.9. The Morgan fingerprint density at radius 2 is 2.47 bits per heavy atom. The number of carboxylic acids is 1. The number of nitrogens with zero attached hydrogens (tertiary/aromatic N) is 3. The Labute approximate surface area is 88.1 Å². The van der Waals surface area contributed by atoms with E-state index in [1.54, 1.807) is 0 Å². The summed E-state index contributed by atoms with van der Waals surface area (Å²) < 4.78 is 1.92. The Morgan fingerprint density at radius 3 is 3.20 bits per heavy atom. The van der Waals surface area contributed by atoms with Gasteiger partial charge in [0.15, 0.2) is 0 Å². The summed E-state index contributed by atoms with van der Waals surface area (Å²) in [6.07, 6.45) is 3.00. The molecule has 0 fully saturated rings. The zero-order valence-electron chi connectivity index (χ0n) is 8.81. The summed E-state index contributed by atoms with van der Waals surface area (Å²) in [4.78, 5) is 14.9. The largest absolute Gasteiger partial charge is 0.481 e. The lowest BCUT2D eigenvalue weighted by Gasteiger charge is -2.21. The second-order valence-corrected chi connectivity index (χ2v) is 4.01. The van der Waals surface area contributed by atoms with Crippen LogP contribution >= 0.6 is 0 Å². The van der Waals surface area contributed by atoms with Gasteiger partial charge in [-0.3, -0.25) is 4.79 Å². The molecule has 0 saturated heterocycles. The van der Waals surface area contributed by atoms with E-state index in [1.165, 1.54) is 0 Å². The van der Waals surface area contributed by atoms with E-state index in [2.05, 4.69) is 10.1 Å². The highest BCUT2D eigenvalue weighted by molar-refractivity contribution is 5.66. The van der Waals surface area contributed by atoms with Crippen LogP contribution in [0.25, 0.3) is 0 Å². The van der Waals surface area contributed by atoms with E-state index in [0.717, 1.165) is 31.0 Å². The summed E-state index contributed by atoms with van der Waals surface area (Å²) in [6, 6.07) is 0. The van der Waals surface area contributed by atoms with Gasteiger partial charge >= 0.3 is 5.97 Å². The first kappa shape index (κ1) is 10.1. The zero-order valence-corrected chi connectivity index (χ0v) is 8.81. The van der Waals surface area contributed by atoms with Gasteiger partial charge in [0.2, 0.25) is 0 Å². The van der Waals surface area contributed by atoms with Crippen LogP contribution < -0.4 is 0 Å². The molecule has 1 aliphatic rings. The molecule has 2 rings (SSSR count). The van der Waals surface area contributed by atoms with Crippen LogP contribution in [0.4, 0.5) is 0 Å². The van der Waals surface area contributed by atoms with Gasteiger partial charge < -0.3 is 5.11 Å². The van der Waals surface area contributed by atoms with Crippen LogP contribution in [0.3, 0.4) is 0 Å². The summed E-state index contributed by atoms with van der Waals surface area (Å²) in [5.41, 5.74) is 0. The fourth-order valence-corrected chi connectivity index (χ4v) is 2.13. The first-order valence-corrected chi connectivity index (χ1v) is 5.30. The Morgan fingerprint density at radius 1 is 1.67 bits per heavy atom. The number of aromatic nitrogens is 3. The number of aryl methyl sites for hydroxylation is 2. The topological polar surface area (TPSA) is 68.0 Å². The molecular weight excluding hydrogens is 194 g/mol. The molecule has 0 amide bonds. The summed E-state index contributed by atoms with van der Waals surface area (Å²) in [5.74, 6) is 1.30. The van der Waals surface area contributed by atoms with Gasteiger partial charge in [0.05, 0.1) is 0 Å². The van der Waals surface area contributed by atoms with Gasteiger partial charge in [-0.15, -0.1) is 0 Å². The van der Waals surface area contributed by atoms with E-state index in [1.807, 2.05) is 11.6 Å². The van der Waals surface area contributed by atoms with E-state index in [-0.39, 0.29) is 12.3 Å². The number of aliphatic carboxylic acids is 1. The molecule has 0 aliphatic carbocycles. The van der Waals surface area contributed by atoms with Gasteiger partial charge in [-0.2, -0.15) is 5.10 Å². The quantitative estimate of drug-likeness (QED) is 0.815. The van der Waals surface area contributed by atoms with Crippen LogP contribution in [-0.4, -0.2) is 25.8 Å². The maximum Gasteiger partial charge on any atom is 0.303 e. The third-order valence-electron chi connectivity index (χ3n) is 2.80. The first-order chi connectivity index (χ1) is 7.16. The maximum absolute atomic E-state index is 10.5. The van der Waals surface area contributed by atoms with Crippen molar-refractivity contribution < 1.29 is 9.90 Å². The Balaban J connectivity index is 2.11. The van der Waals surface area contributed by atoms with E-state index in [4.69, 9.17) is 5.11 Å². The minimum absolute atomic E-state index is 0.219. The first-order valence-electron chi connectivity index (χ1n) is 5.30. The van der Waals surface area contributed by atoms with Crippen LogP contribution in [0.1, 0.15) is 43.3 Å². The minimum Gasteiger partial charge on any atom is -0.481 e. The van der Waals surface area contributed by atoms with Gasteiger partial charge in [0, 0.05) is 18.9 Å². The standard InChI is InChI=1S/C10H15N3O2/c1-7-11-10-8(4-5-9(14)15)3-2-6-13(10)12-7/h8H,2-6H2,1H3,(H,14,15). The van der Waals surface area contributed by atoms with Gasteiger partial charge in [-0.25, -0.2) is 9.67 Å². The van der Waals surface area contributed by atoms with Crippen LogP contribution in [0.5, 0.6) is 0 Å². The number of hydrogen-bond donors (Lipinski definition) is 1. The van der Waals surface area contributed by atoms with Gasteiger partial charge in [0.25, 0.3) is 0 Å². The molecule has 1 N–H and O–H groups in total. The predicted molar refractivity (Wildman–Crippen MR) is 53.6 cm³/mol.